The molecule has 0 aliphatic heterocycles. The van der Waals surface area contributed by atoms with Gasteiger partial charge in [0.2, 0.25) is 6.54 Å². The fourth-order valence-corrected chi connectivity index (χ4v) is 2.20. The van der Waals surface area contributed by atoms with Crippen LogP contribution in [0.25, 0.3) is 0 Å². The number of ether oxygens (including phenoxy) is 1. The Kier molecular flexibility index (Phi) is 5.51. The van der Waals surface area contributed by atoms with Crippen molar-refractivity contribution in [2.24, 2.45) is 5.10 Å². The second-order valence-corrected chi connectivity index (χ2v) is 5.33. The number of pyridine rings is 1. The van der Waals surface area contributed by atoms with Gasteiger partial charge in [-0.2, -0.15) is 9.67 Å². The van der Waals surface area contributed by atoms with E-state index in [1.807, 2.05) is 85.2 Å². The van der Waals surface area contributed by atoms with E-state index in [1.165, 1.54) is 0 Å². The Morgan fingerprint density at radius 3 is 2.48 bits per heavy atom. The molecule has 0 unspecified atom stereocenters. The first kappa shape index (κ1) is 16.4. The zero-order valence-corrected chi connectivity index (χ0v) is 13.6. The Morgan fingerprint density at radius 1 is 0.960 bits per heavy atom. The van der Waals surface area contributed by atoms with Crippen LogP contribution in [-0.4, -0.2) is 12.1 Å². The fraction of sp³-hybridized carbons (Fsp3) is 0.0500. The highest BCUT2D eigenvalue weighted by atomic mass is 16.5. The Hall–Kier alpha value is -3.47. The molecule has 0 saturated heterocycles. The van der Waals surface area contributed by atoms with Gasteiger partial charge in [-0.05, 0) is 29.8 Å². The molecule has 0 fully saturated rings. The minimum absolute atomic E-state index is 0.191. The molecule has 0 atom stereocenters. The molecule has 0 bridgehead atoms. The standard InChI is InChI=1S/C20H17N3O2/c24-20(16-23-12-5-2-6-13-23)22-21-15-17-8-7-11-19(14-17)25-18-9-3-1-4-10-18/h1-15H,16H2/p+1/b21-15-. The summed E-state index contributed by atoms with van der Waals surface area (Å²) in [4.78, 5) is 11.8. The van der Waals surface area contributed by atoms with Gasteiger partial charge < -0.3 is 4.74 Å². The van der Waals surface area contributed by atoms with Crippen molar-refractivity contribution in [1.82, 2.24) is 5.43 Å². The maximum atomic E-state index is 11.8. The first-order valence-corrected chi connectivity index (χ1v) is 7.88. The van der Waals surface area contributed by atoms with E-state index in [2.05, 4.69) is 10.5 Å². The summed E-state index contributed by atoms with van der Waals surface area (Å²) in [5, 5.41) is 3.99. The third-order valence-corrected chi connectivity index (χ3v) is 3.34. The average molecular weight is 332 g/mol. The molecular weight excluding hydrogens is 314 g/mol. The van der Waals surface area contributed by atoms with Crippen molar-refractivity contribution in [3.05, 3.63) is 90.8 Å². The Balaban J connectivity index is 1.56. The average Bonchev–Trinajstić information content (AvgIpc) is 2.64. The van der Waals surface area contributed by atoms with E-state index < -0.39 is 0 Å². The van der Waals surface area contributed by atoms with Crippen LogP contribution in [0.5, 0.6) is 11.5 Å². The molecule has 5 heteroatoms. The van der Waals surface area contributed by atoms with Gasteiger partial charge in [-0.1, -0.05) is 36.4 Å². The number of hydrogen-bond donors (Lipinski definition) is 1. The lowest BCUT2D eigenvalue weighted by Gasteiger charge is -2.05. The molecule has 3 rings (SSSR count). The number of benzene rings is 2. The van der Waals surface area contributed by atoms with Crippen LogP contribution in [0.1, 0.15) is 5.56 Å². The van der Waals surface area contributed by atoms with Crippen LogP contribution in [0.3, 0.4) is 0 Å². The van der Waals surface area contributed by atoms with Gasteiger partial charge in [0.15, 0.2) is 12.4 Å². The lowest BCUT2D eigenvalue weighted by Crippen LogP contribution is -2.40. The summed E-state index contributed by atoms with van der Waals surface area (Å²) in [5.41, 5.74) is 3.35. The van der Waals surface area contributed by atoms with Crippen molar-refractivity contribution in [2.45, 2.75) is 6.54 Å². The fourth-order valence-electron chi connectivity index (χ4n) is 2.20. The normalized spacial score (nSPS) is 10.6. The van der Waals surface area contributed by atoms with Crippen molar-refractivity contribution in [1.29, 1.82) is 0 Å². The lowest BCUT2D eigenvalue weighted by molar-refractivity contribution is -0.684. The van der Waals surface area contributed by atoms with Crippen molar-refractivity contribution in [3.63, 3.8) is 0 Å². The first-order chi connectivity index (χ1) is 12.3. The molecule has 3 aromatic rings. The highest BCUT2D eigenvalue weighted by Gasteiger charge is 2.06. The minimum atomic E-state index is -0.191. The molecule has 1 heterocycles. The van der Waals surface area contributed by atoms with Crippen LogP contribution >= 0.6 is 0 Å². The zero-order chi connectivity index (χ0) is 17.3. The molecule has 0 saturated carbocycles. The summed E-state index contributed by atoms with van der Waals surface area (Å²) in [6.07, 6.45) is 5.24. The second-order valence-electron chi connectivity index (χ2n) is 5.33. The zero-order valence-electron chi connectivity index (χ0n) is 13.6. The molecular formula is C20H18N3O2+. The topological polar surface area (TPSA) is 54.6 Å². The first-order valence-electron chi connectivity index (χ1n) is 7.88. The summed E-state index contributed by atoms with van der Waals surface area (Å²) >= 11 is 0. The molecule has 5 nitrogen and oxygen atoms in total. The van der Waals surface area contributed by atoms with Crippen LogP contribution in [0.15, 0.2) is 90.3 Å². The number of carbonyl (C=O) groups excluding carboxylic acids is 1. The van der Waals surface area contributed by atoms with Crippen LogP contribution < -0.4 is 14.7 Å². The van der Waals surface area contributed by atoms with Crippen LogP contribution in [0.2, 0.25) is 0 Å². The Labute approximate surface area is 146 Å². The molecule has 0 aliphatic rings. The molecule has 1 N–H and O–H groups in total. The van der Waals surface area contributed by atoms with Crippen LogP contribution in [-0.2, 0) is 11.3 Å². The minimum Gasteiger partial charge on any atom is -0.457 e. The highest BCUT2D eigenvalue weighted by Crippen LogP contribution is 2.21. The summed E-state index contributed by atoms with van der Waals surface area (Å²) in [6.45, 7) is 0.218. The van der Waals surface area contributed by atoms with E-state index in [4.69, 9.17) is 4.74 Å². The number of aromatic nitrogens is 1. The molecule has 0 radical (unpaired) electrons. The third-order valence-electron chi connectivity index (χ3n) is 3.34. The predicted molar refractivity (Wildman–Crippen MR) is 95.3 cm³/mol. The van der Waals surface area contributed by atoms with E-state index in [9.17, 15) is 4.79 Å². The number of nitrogens with one attached hydrogen (secondary N) is 1. The predicted octanol–water partition coefficient (Wildman–Crippen LogP) is 2.92. The summed E-state index contributed by atoms with van der Waals surface area (Å²) in [7, 11) is 0. The number of hydrazone groups is 1. The van der Waals surface area contributed by atoms with Gasteiger partial charge >= 0.3 is 5.91 Å². The van der Waals surface area contributed by atoms with E-state index in [0.29, 0.717) is 5.75 Å². The van der Waals surface area contributed by atoms with E-state index >= 15 is 0 Å². The number of amides is 1. The quantitative estimate of drug-likeness (QED) is 0.429. The largest absolute Gasteiger partial charge is 0.457 e. The van der Waals surface area contributed by atoms with Crippen molar-refractivity contribution < 1.29 is 14.1 Å². The molecule has 25 heavy (non-hydrogen) atoms. The van der Waals surface area contributed by atoms with Gasteiger partial charge in [-0.15, -0.1) is 0 Å². The number of carbonyl (C=O) groups is 1. The molecule has 2 aromatic carbocycles. The molecule has 124 valence electrons. The maximum absolute atomic E-state index is 11.8. The number of rotatable bonds is 6. The van der Waals surface area contributed by atoms with Gasteiger partial charge in [0.05, 0.1) is 6.21 Å². The monoisotopic (exact) mass is 332 g/mol. The number of para-hydroxylation sites is 1. The maximum Gasteiger partial charge on any atom is 0.305 e. The van der Waals surface area contributed by atoms with E-state index in [-0.39, 0.29) is 12.5 Å². The van der Waals surface area contributed by atoms with Crippen molar-refractivity contribution in [2.75, 3.05) is 0 Å². The smallest absolute Gasteiger partial charge is 0.305 e. The van der Waals surface area contributed by atoms with Crippen LogP contribution in [0, 0.1) is 0 Å². The van der Waals surface area contributed by atoms with E-state index in [1.54, 1.807) is 10.8 Å². The summed E-state index contributed by atoms with van der Waals surface area (Å²) in [5.74, 6) is 1.29. The Morgan fingerprint density at radius 2 is 1.68 bits per heavy atom. The highest BCUT2D eigenvalue weighted by molar-refractivity contribution is 5.82. The number of nitrogens with zero attached hydrogens (tertiary/aromatic N) is 2. The lowest BCUT2D eigenvalue weighted by atomic mass is 10.2. The summed E-state index contributed by atoms with van der Waals surface area (Å²) < 4.78 is 7.55. The molecule has 1 aromatic heterocycles. The van der Waals surface area contributed by atoms with E-state index in [0.717, 1.165) is 11.3 Å². The number of hydrogen-bond acceptors (Lipinski definition) is 3. The Bertz CT molecular complexity index is 849. The van der Waals surface area contributed by atoms with Gasteiger partial charge in [0.1, 0.15) is 11.5 Å². The SMILES string of the molecule is O=C(C[n+]1ccccc1)N/N=C\c1cccc(Oc2ccccc2)c1. The summed E-state index contributed by atoms with van der Waals surface area (Å²) in [6, 6.07) is 22.7. The van der Waals surface area contributed by atoms with Gasteiger partial charge in [-0.25, -0.2) is 5.43 Å². The van der Waals surface area contributed by atoms with Crippen molar-refractivity contribution in [3.8, 4) is 11.5 Å². The van der Waals surface area contributed by atoms with Gasteiger partial charge in [-0.3, -0.25) is 4.79 Å². The third kappa shape index (κ3) is 5.28. The second kappa shape index (κ2) is 8.40. The molecule has 0 aliphatic carbocycles. The van der Waals surface area contributed by atoms with Crippen molar-refractivity contribution >= 4 is 12.1 Å². The van der Waals surface area contributed by atoms with Crippen LogP contribution in [0.4, 0.5) is 0 Å². The molecule has 0 spiro atoms. The molecule has 1 amide bonds. The van der Waals surface area contributed by atoms with Gasteiger partial charge in [0, 0.05) is 12.1 Å². The van der Waals surface area contributed by atoms with Gasteiger partial charge in [0.25, 0.3) is 0 Å².